The molecule has 35 heavy (non-hydrogen) atoms. The molecule has 0 N–H and O–H groups in total. The quantitative estimate of drug-likeness (QED) is 0.350. The number of aldehydes is 1. The van der Waals surface area contributed by atoms with Gasteiger partial charge >= 0.3 is 0 Å². The molecule has 0 saturated carbocycles. The Bertz CT molecular complexity index is 1150. The molecule has 0 aliphatic heterocycles. The van der Waals surface area contributed by atoms with Crippen LogP contribution in [0, 0.1) is 26.2 Å². The predicted molar refractivity (Wildman–Crippen MR) is 154 cm³/mol. The van der Waals surface area contributed by atoms with Crippen LogP contribution in [0.2, 0.25) is 0 Å². The Morgan fingerprint density at radius 2 is 1.29 bits per heavy atom. The summed E-state index contributed by atoms with van der Waals surface area (Å²) in [6.07, 6.45) is 4.08. The predicted octanol–water partition coefficient (Wildman–Crippen LogP) is 9.80. The molecule has 186 valence electrons. The first-order chi connectivity index (χ1) is 16.6. The molecule has 0 unspecified atom stereocenters. The lowest BCUT2D eigenvalue weighted by Gasteiger charge is -2.18. The molecule has 0 saturated heterocycles. The molecule has 3 aromatic carbocycles. The normalized spacial score (nSPS) is 12.9. The molecule has 4 rings (SSSR count). The van der Waals surface area contributed by atoms with Crippen LogP contribution in [0.5, 0.6) is 0 Å². The highest BCUT2D eigenvalue weighted by atomic mass is 16.1. The van der Waals surface area contributed by atoms with E-state index in [0.717, 1.165) is 31.1 Å². The second-order valence-corrected chi connectivity index (χ2v) is 10.9. The Morgan fingerprint density at radius 1 is 0.714 bits per heavy atom. The molecule has 0 heterocycles. The van der Waals surface area contributed by atoms with Crippen molar-refractivity contribution in [3.05, 3.63) is 105 Å². The Labute approximate surface area is 214 Å². The zero-order chi connectivity index (χ0) is 26.2. The standard InChI is InChI=1S/C27H26O.C5H12.C2H6/c1-18-7-11-22(12-8-18)27-25-14-10-21(17-28)16-23(25)5-4-6-26(27)24-13-9-19(2)15-20(24)3;1-5(2,3)4;1-2/h7-17H,4-6H2,1-3H3;1-4H3;1-2H3. The van der Waals surface area contributed by atoms with Crippen LogP contribution in [-0.2, 0) is 6.42 Å². The SMILES string of the molecule is CC.CC(C)(C)C.Cc1ccc(C2=C(c3ccc(C)cc3C)CCCc3cc(C=O)ccc32)cc1. The van der Waals surface area contributed by atoms with Crippen molar-refractivity contribution in [1.82, 2.24) is 0 Å². The van der Waals surface area contributed by atoms with Gasteiger partial charge in [-0.15, -0.1) is 0 Å². The first-order valence-corrected chi connectivity index (χ1v) is 13.0. The minimum atomic E-state index is 0.500. The third kappa shape index (κ3) is 8.06. The first kappa shape index (κ1) is 28.3. The summed E-state index contributed by atoms with van der Waals surface area (Å²) in [5.74, 6) is 0. The molecular weight excluding hydrogens is 424 g/mol. The van der Waals surface area contributed by atoms with Crippen molar-refractivity contribution in [3.8, 4) is 0 Å². The van der Waals surface area contributed by atoms with Crippen LogP contribution in [0.1, 0.15) is 104 Å². The highest BCUT2D eigenvalue weighted by molar-refractivity contribution is 6.00. The van der Waals surface area contributed by atoms with Crippen LogP contribution < -0.4 is 0 Å². The van der Waals surface area contributed by atoms with Gasteiger partial charge in [-0.3, -0.25) is 4.79 Å². The Hall–Kier alpha value is -2.93. The third-order valence-corrected chi connectivity index (χ3v) is 5.76. The fourth-order valence-corrected chi connectivity index (χ4v) is 4.35. The smallest absolute Gasteiger partial charge is 0.150 e. The zero-order valence-electron chi connectivity index (χ0n) is 23.4. The maximum Gasteiger partial charge on any atom is 0.150 e. The van der Waals surface area contributed by atoms with Gasteiger partial charge in [0.15, 0.2) is 0 Å². The van der Waals surface area contributed by atoms with Crippen LogP contribution in [0.3, 0.4) is 0 Å². The van der Waals surface area contributed by atoms with E-state index in [1.807, 2.05) is 19.9 Å². The molecule has 0 radical (unpaired) electrons. The van der Waals surface area contributed by atoms with E-state index < -0.39 is 0 Å². The van der Waals surface area contributed by atoms with E-state index in [1.54, 1.807) is 0 Å². The number of benzene rings is 3. The Morgan fingerprint density at radius 3 is 1.86 bits per heavy atom. The first-order valence-electron chi connectivity index (χ1n) is 13.0. The maximum absolute atomic E-state index is 11.3. The van der Waals surface area contributed by atoms with Crippen LogP contribution >= 0.6 is 0 Å². The summed E-state index contributed by atoms with van der Waals surface area (Å²) in [4.78, 5) is 11.3. The summed E-state index contributed by atoms with van der Waals surface area (Å²) in [5.41, 5.74) is 13.0. The average molecular weight is 469 g/mol. The number of carbonyl (C=O) groups is 1. The van der Waals surface area contributed by atoms with Crippen molar-refractivity contribution >= 4 is 17.4 Å². The van der Waals surface area contributed by atoms with Crippen molar-refractivity contribution < 1.29 is 4.79 Å². The lowest BCUT2D eigenvalue weighted by atomic mass is 9.85. The van der Waals surface area contributed by atoms with E-state index in [1.165, 1.54) is 50.1 Å². The van der Waals surface area contributed by atoms with Gasteiger partial charge in [0, 0.05) is 5.56 Å². The Kier molecular flexibility index (Phi) is 10.3. The summed E-state index contributed by atoms with van der Waals surface area (Å²) < 4.78 is 0. The van der Waals surface area contributed by atoms with E-state index in [-0.39, 0.29) is 0 Å². The molecule has 1 heteroatoms. The second-order valence-electron chi connectivity index (χ2n) is 10.9. The topological polar surface area (TPSA) is 17.1 Å². The number of fused-ring (bicyclic) bond motifs is 1. The molecule has 0 atom stereocenters. The van der Waals surface area contributed by atoms with E-state index in [4.69, 9.17) is 0 Å². The summed E-state index contributed by atoms with van der Waals surface area (Å²) in [6.45, 7) is 19.2. The fourth-order valence-electron chi connectivity index (χ4n) is 4.35. The summed E-state index contributed by atoms with van der Waals surface area (Å²) in [6, 6.07) is 21.8. The second kappa shape index (κ2) is 12.7. The molecular formula is C34H44O. The number of aryl methyl sites for hydroxylation is 4. The van der Waals surface area contributed by atoms with Gasteiger partial charge in [0.25, 0.3) is 0 Å². The third-order valence-electron chi connectivity index (χ3n) is 5.76. The molecule has 1 aliphatic rings. The molecule has 0 aromatic heterocycles. The molecule has 3 aromatic rings. The van der Waals surface area contributed by atoms with E-state index >= 15 is 0 Å². The number of allylic oxidation sites excluding steroid dienone is 1. The van der Waals surface area contributed by atoms with Crippen LogP contribution in [0.25, 0.3) is 11.1 Å². The van der Waals surface area contributed by atoms with Gasteiger partial charge in [0.1, 0.15) is 6.29 Å². The maximum atomic E-state index is 11.3. The van der Waals surface area contributed by atoms with Crippen molar-refractivity contribution in [2.45, 2.75) is 81.6 Å². The van der Waals surface area contributed by atoms with Crippen molar-refractivity contribution in [1.29, 1.82) is 0 Å². The van der Waals surface area contributed by atoms with Crippen molar-refractivity contribution in [3.63, 3.8) is 0 Å². The van der Waals surface area contributed by atoms with E-state index in [9.17, 15) is 4.79 Å². The van der Waals surface area contributed by atoms with Gasteiger partial charge < -0.3 is 0 Å². The molecule has 0 spiro atoms. The summed E-state index contributed by atoms with van der Waals surface area (Å²) in [5, 5.41) is 0. The van der Waals surface area contributed by atoms with Gasteiger partial charge in [0.05, 0.1) is 0 Å². The summed E-state index contributed by atoms with van der Waals surface area (Å²) >= 11 is 0. The minimum Gasteiger partial charge on any atom is -0.298 e. The van der Waals surface area contributed by atoms with Gasteiger partial charge in [-0.2, -0.15) is 0 Å². The number of rotatable bonds is 3. The van der Waals surface area contributed by atoms with Crippen LogP contribution in [0.4, 0.5) is 0 Å². The lowest BCUT2D eigenvalue weighted by Crippen LogP contribution is -1.98. The largest absolute Gasteiger partial charge is 0.298 e. The van der Waals surface area contributed by atoms with Gasteiger partial charge in [-0.1, -0.05) is 107 Å². The number of hydrogen-bond acceptors (Lipinski definition) is 1. The minimum absolute atomic E-state index is 0.500. The lowest BCUT2D eigenvalue weighted by molar-refractivity contribution is 0.112. The highest BCUT2D eigenvalue weighted by Crippen LogP contribution is 2.41. The molecule has 0 fully saturated rings. The van der Waals surface area contributed by atoms with Crippen molar-refractivity contribution in [2.75, 3.05) is 0 Å². The zero-order valence-corrected chi connectivity index (χ0v) is 23.4. The van der Waals surface area contributed by atoms with E-state index in [0.29, 0.717) is 5.41 Å². The fraction of sp³-hybridized carbons (Fsp3) is 0.382. The average Bonchev–Trinajstić information content (AvgIpc) is 2.99. The number of hydrogen-bond donors (Lipinski definition) is 0. The van der Waals surface area contributed by atoms with Crippen LogP contribution in [-0.4, -0.2) is 6.29 Å². The molecule has 0 bridgehead atoms. The molecule has 1 aliphatic carbocycles. The van der Waals surface area contributed by atoms with Gasteiger partial charge in [-0.05, 0) is 90.5 Å². The van der Waals surface area contributed by atoms with Crippen molar-refractivity contribution in [2.24, 2.45) is 5.41 Å². The van der Waals surface area contributed by atoms with Crippen LogP contribution in [0.15, 0.2) is 60.7 Å². The molecule has 0 amide bonds. The molecule has 1 nitrogen and oxygen atoms in total. The number of carbonyl (C=O) groups excluding carboxylic acids is 1. The van der Waals surface area contributed by atoms with Gasteiger partial charge in [-0.25, -0.2) is 0 Å². The van der Waals surface area contributed by atoms with Gasteiger partial charge in [0.2, 0.25) is 0 Å². The summed E-state index contributed by atoms with van der Waals surface area (Å²) in [7, 11) is 0. The monoisotopic (exact) mass is 468 g/mol. The van der Waals surface area contributed by atoms with E-state index in [2.05, 4.69) is 103 Å². The highest BCUT2D eigenvalue weighted by Gasteiger charge is 2.21. The Balaban J connectivity index is 0.000000551.